The Morgan fingerprint density at radius 3 is 1.60 bits per heavy atom. The molecule has 0 spiro atoms. The Morgan fingerprint density at radius 2 is 1.13 bits per heavy atom. The lowest BCUT2D eigenvalue weighted by Gasteiger charge is -2.13. The third-order valence-corrected chi connectivity index (χ3v) is 8.45. The zero-order valence-corrected chi connectivity index (χ0v) is 31.6. The molecule has 14 nitrogen and oxygen atoms in total. The number of fused-ring (bicyclic) bond motifs is 2. The maximum Gasteiger partial charge on any atom is 0.326 e. The summed E-state index contributed by atoms with van der Waals surface area (Å²) in [6, 6.07) is 21.8. The number of ether oxygens (including phenoxy) is 6. The van der Waals surface area contributed by atoms with Gasteiger partial charge >= 0.3 is 6.03 Å². The molecule has 7 aromatic rings. The van der Waals surface area contributed by atoms with Gasteiger partial charge in [-0.05, 0) is 67.6 Å². The highest BCUT2D eigenvalue weighted by Gasteiger charge is 2.15. The van der Waals surface area contributed by atoms with Crippen LogP contribution in [0.5, 0.6) is 46.0 Å². The summed E-state index contributed by atoms with van der Waals surface area (Å²) in [7, 11) is 6.28. The minimum atomic E-state index is -0.493. The van der Waals surface area contributed by atoms with Crippen LogP contribution in [-0.4, -0.2) is 49.6 Å². The normalized spacial score (nSPS) is 10.6. The number of rotatable bonds is 10. The molecule has 0 aliphatic carbocycles. The monoisotopic (exact) mass is 784 g/mol. The Kier molecular flexibility index (Phi) is 11.8. The van der Waals surface area contributed by atoms with E-state index in [1.54, 1.807) is 121 Å². The molecule has 282 valence electrons. The predicted octanol–water partition coefficient (Wildman–Crippen LogP) is 9.92. The van der Waals surface area contributed by atoms with Crippen LogP contribution >= 0.6 is 23.2 Å². The van der Waals surface area contributed by atoms with Gasteiger partial charge in [-0.3, -0.25) is 15.3 Å². The number of benzene rings is 4. The predicted molar refractivity (Wildman–Crippen MR) is 211 cm³/mol. The fourth-order valence-electron chi connectivity index (χ4n) is 5.27. The molecule has 3 heterocycles. The number of methoxy groups -OCH3 is 4. The summed E-state index contributed by atoms with van der Waals surface area (Å²) in [5, 5.41) is 11.2. The second-order valence-corrected chi connectivity index (χ2v) is 12.3. The molecule has 4 N–H and O–H groups in total. The Morgan fingerprint density at radius 1 is 0.618 bits per heavy atom. The van der Waals surface area contributed by atoms with Gasteiger partial charge in [0.25, 0.3) is 0 Å². The molecule has 0 bridgehead atoms. The molecule has 16 heteroatoms. The van der Waals surface area contributed by atoms with Crippen molar-refractivity contribution in [1.82, 2.24) is 15.1 Å². The number of anilines is 3. The van der Waals surface area contributed by atoms with Crippen molar-refractivity contribution in [2.24, 2.45) is 0 Å². The zero-order chi connectivity index (χ0) is 39.1. The SMILES string of the molecule is COc1cc2nccc(Oc3ccc(N)cc3Cl)c2cc1OC.COc1cc2nccc(Oc3ccc(NC(=O)Nc4cc(C)no4)cc3Cl)c2cc1OC. The number of hydrogen-bond donors (Lipinski definition) is 3. The van der Waals surface area contributed by atoms with Crippen LogP contribution in [0, 0.1) is 6.92 Å². The largest absolute Gasteiger partial charge is 0.493 e. The molecule has 0 aliphatic heterocycles. The average Bonchev–Trinajstić information content (AvgIpc) is 3.59. The van der Waals surface area contributed by atoms with E-state index >= 15 is 0 Å². The number of amides is 2. The molecule has 2 amide bonds. The van der Waals surface area contributed by atoms with E-state index < -0.39 is 6.03 Å². The Bertz CT molecular complexity index is 2500. The van der Waals surface area contributed by atoms with Crippen molar-refractivity contribution in [3.8, 4) is 46.0 Å². The summed E-state index contributed by atoms with van der Waals surface area (Å²) < 4.78 is 38.3. The molecular formula is C39H34Cl2N6O8. The first kappa shape index (κ1) is 38.1. The van der Waals surface area contributed by atoms with Gasteiger partial charge in [0.15, 0.2) is 23.0 Å². The van der Waals surface area contributed by atoms with Gasteiger partial charge in [-0.1, -0.05) is 28.4 Å². The summed E-state index contributed by atoms with van der Waals surface area (Å²) in [6.07, 6.45) is 3.29. The number of halogens is 2. The van der Waals surface area contributed by atoms with Crippen LogP contribution in [0.2, 0.25) is 10.0 Å². The highest BCUT2D eigenvalue weighted by atomic mass is 35.5. The second kappa shape index (κ2) is 17.0. The van der Waals surface area contributed by atoms with Crippen molar-refractivity contribution >= 4 is 68.3 Å². The van der Waals surface area contributed by atoms with Crippen LogP contribution in [0.3, 0.4) is 0 Å². The van der Waals surface area contributed by atoms with E-state index in [9.17, 15) is 4.79 Å². The van der Waals surface area contributed by atoms with E-state index in [-0.39, 0.29) is 5.88 Å². The molecule has 3 aromatic heterocycles. The van der Waals surface area contributed by atoms with Gasteiger partial charge in [-0.15, -0.1) is 0 Å². The van der Waals surface area contributed by atoms with Crippen LogP contribution in [0.15, 0.2) is 95.8 Å². The van der Waals surface area contributed by atoms with Crippen LogP contribution < -0.4 is 44.8 Å². The van der Waals surface area contributed by atoms with Gasteiger partial charge in [-0.2, -0.15) is 0 Å². The standard InChI is InChI=1S/C22H19ClN4O5.C17H15ClN2O3/c1-12-8-21(32-27-12)26-22(28)25-13-4-5-18(15(23)9-13)31-17-6-7-24-16-11-20(30-3)19(29-2)10-14(16)17;1-21-16-8-11-13(9-17(16)22-2)20-6-5-14(11)23-15-4-3-10(19)7-12(15)18/h4-11H,1-3H3,(H2,25,26,28);3-9H,19H2,1-2H3. The van der Waals surface area contributed by atoms with E-state index in [4.69, 9.17) is 61.9 Å². The fraction of sp³-hybridized carbons (Fsp3) is 0.128. The third-order valence-electron chi connectivity index (χ3n) is 7.86. The highest BCUT2D eigenvalue weighted by Crippen LogP contribution is 2.40. The molecule has 0 saturated carbocycles. The summed E-state index contributed by atoms with van der Waals surface area (Å²) in [5.41, 5.74) is 8.81. The van der Waals surface area contributed by atoms with Crippen molar-refractivity contribution < 1.29 is 37.7 Å². The maximum atomic E-state index is 12.1. The Balaban J connectivity index is 0.000000197. The molecule has 4 aromatic carbocycles. The van der Waals surface area contributed by atoms with E-state index in [0.717, 1.165) is 16.3 Å². The lowest BCUT2D eigenvalue weighted by atomic mass is 10.2. The number of nitrogens with zero attached hydrogens (tertiary/aromatic N) is 3. The third kappa shape index (κ3) is 8.95. The van der Waals surface area contributed by atoms with Crippen LogP contribution in [-0.2, 0) is 0 Å². The van der Waals surface area contributed by atoms with E-state index in [1.165, 1.54) is 0 Å². The first-order chi connectivity index (χ1) is 26.6. The van der Waals surface area contributed by atoms with Crippen LogP contribution in [0.1, 0.15) is 5.69 Å². The number of nitrogens with one attached hydrogen (secondary N) is 2. The molecule has 0 radical (unpaired) electrons. The number of hydrogen-bond acceptors (Lipinski definition) is 12. The zero-order valence-electron chi connectivity index (χ0n) is 30.1. The van der Waals surface area contributed by atoms with Crippen molar-refractivity contribution in [3.63, 3.8) is 0 Å². The number of carbonyl (C=O) groups is 1. The minimum Gasteiger partial charge on any atom is -0.493 e. The maximum absolute atomic E-state index is 12.1. The number of pyridine rings is 2. The van der Waals surface area contributed by atoms with Crippen molar-refractivity contribution in [1.29, 1.82) is 0 Å². The molecule has 0 aliphatic rings. The number of carbonyl (C=O) groups excluding carboxylic acids is 1. The van der Waals surface area contributed by atoms with E-state index in [2.05, 4.69) is 25.8 Å². The van der Waals surface area contributed by atoms with Crippen molar-refractivity contribution in [2.75, 3.05) is 44.8 Å². The van der Waals surface area contributed by atoms with Crippen LogP contribution in [0.4, 0.5) is 22.1 Å². The van der Waals surface area contributed by atoms with Crippen molar-refractivity contribution in [3.05, 3.63) is 107 Å². The minimum absolute atomic E-state index is 0.239. The van der Waals surface area contributed by atoms with Gasteiger partial charge in [-0.25, -0.2) is 4.79 Å². The number of aryl methyl sites for hydroxylation is 1. The molecule has 0 atom stereocenters. The molecule has 0 saturated heterocycles. The highest BCUT2D eigenvalue weighted by molar-refractivity contribution is 6.32. The lowest BCUT2D eigenvalue weighted by molar-refractivity contribution is 0.261. The molecular weight excluding hydrogens is 751 g/mol. The summed E-state index contributed by atoms with van der Waals surface area (Å²) in [4.78, 5) is 20.8. The Hall–Kier alpha value is -6.64. The smallest absolute Gasteiger partial charge is 0.326 e. The topological polar surface area (TPSA) is 174 Å². The van der Waals surface area contributed by atoms with Gasteiger partial charge < -0.3 is 44.0 Å². The molecule has 0 unspecified atom stereocenters. The summed E-state index contributed by atoms with van der Waals surface area (Å²) >= 11 is 12.6. The first-order valence-electron chi connectivity index (χ1n) is 16.3. The van der Waals surface area contributed by atoms with Gasteiger partial charge in [0.1, 0.15) is 23.0 Å². The number of urea groups is 1. The molecule has 7 rings (SSSR count). The number of nitrogen functional groups attached to an aromatic ring is 1. The summed E-state index contributed by atoms with van der Waals surface area (Å²) in [5.74, 6) is 4.64. The fourth-order valence-corrected chi connectivity index (χ4v) is 5.71. The van der Waals surface area contributed by atoms with Crippen LogP contribution in [0.25, 0.3) is 21.8 Å². The lowest BCUT2D eigenvalue weighted by Crippen LogP contribution is -2.19. The Labute approximate surface area is 325 Å². The first-order valence-corrected chi connectivity index (χ1v) is 17.1. The van der Waals surface area contributed by atoms with E-state index in [1.807, 2.05) is 6.07 Å². The number of aromatic nitrogens is 3. The van der Waals surface area contributed by atoms with E-state index in [0.29, 0.717) is 78.6 Å². The average molecular weight is 786 g/mol. The molecule has 0 fully saturated rings. The van der Waals surface area contributed by atoms with Gasteiger partial charge in [0.05, 0.1) is 55.2 Å². The van der Waals surface area contributed by atoms with Gasteiger partial charge in [0, 0.05) is 52.7 Å². The molecule has 55 heavy (non-hydrogen) atoms. The van der Waals surface area contributed by atoms with Crippen molar-refractivity contribution in [2.45, 2.75) is 6.92 Å². The quantitative estimate of drug-likeness (QED) is 0.112. The second-order valence-electron chi connectivity index (χ2n) is 11.5. The summed E-state index contributed by atoms with van der Waals surface area (Å²) in [6.45, 7) is 1.75. The van der Waals surface area contributed by atoms with Gasteiger partial charge in [0.2, 0.25) is 5.88 Å². The number of nitrogens with two attached hydrogens (primary N) is 1.